The number of dihydropyridines is 1. The summed E-state index contributed by atoms with van der Waals surface area (Å²) in [5.41, 5.74) is 4.19. The van der Waals surface area contributed by atoms with Crippen LogP contribution in [-0.4, -0.2) is 11.6 Å². The highest BCUT2D eigenvalue weighted by atomic mass is 35.5. The van der Waals surface area contributed by atoms with Crippen molar-refractivity contribution in [3.63, 3.8) is 0 Å². The van der Waals surface area contributed by atoms with Crippen molar-refractivity contribution in [1.29, 1.82) is 0 Å². The van der Waals surface area contributed by atoms with Crippen molar-refractivity contribution in [2.45, 2.75) is 39.0 Å². The number of halogens is 1. The number of carbonyl (C=O) groups excluding carboxylic acids is 2. The van der Waals surface area contributed by atoms with Gasteiger partial charge in [0.1, 0.15) is 0 Å². The van der Waals surface area contributed by atoms with E-state index in [-0.39, 0.29) is 17.5 Å². The third-order valence-electron chi connectivity index (χ3n) is 4.36. The first-order chi connectivity index (χ1) is 10.5. The van der Waals surface area contributed by atoms with Gasteiger partial charge in [0.15, 0.2) is 11.6 Å². The predicted octanol–water partition coefficient (Wildman–Crippen LogP) is 3.90. The van der Waals surface area contributed by atoms with E-state index >= 15 is 0 Å². The Bertz CT molecular complexity index is 713. The standard InChI is InChI=1S/C18H18ClNO2/c1-10-16(11(2)21)17(12-6-8-13(19)9-7-12)18-14(20-10)4-3-5-15(18)22/h6-9,17,20H,3-5H2,1-2H3. The Morgan fingerprint density at radius 1 is 1.23 bits per heavy atom. The first kappa shape index (κ1) is 15.0. The summed E-state index contributed by atoms with van der Waals surface area (Å²) in [6.07, 6.45) is 2.27. The van der Waals surface area contributed by atoms with Crippen LogP contribution in [0.25, 0.3) is 0 Å². The molecule has 2 aliphatic rings. The van der Waals surface area contributed by atoms with Crippen molar-refractivity contribution in [1.82, 2.24) is 5.32 Å². The molecule has 0 radical (unpaired) electrons. The Kier molecular flexibility index (Phi) is 3.92. The van der Waals surface area contributed by atoms with Gasteiger partial charge in [0.25, 0.3) is 0 Å². The van der Waals surface area contributed by atoms with Crippen molar-refractivity contribution >= 4 is 23.2 Å². The Labute approximate surface area is 135 Å². The molecule has 1 aromatic rings. The van der Waals surface area contributed by atoms with E-state index in [9.17, 15) is 9.59 Å². The number of hydrogen-bond donors (Lipinski definition) is 1. The van der Waals surface area contributed by atoms with Crippen LogP contribution in [0.5, 0.6) is 0 Å². The van der Waals surface area contributed by atoms with Crippen LogP contribution in [0.2, 0.25) is 5.02 Å². The average molecular weight is 316 g/mol. The molecule has 3 rings (SSSR count). The third kappa shape index (κ3) is 2.50. The zero-order valence-corrected chi connectivity index (χ0v) is 13.5. The molecular weight excluding hydrogens is 298 g/mol. The predicted molar refractivity (Wildman–Crippen MR) is 86.6 cm³/mol. The van der Waals surface area contributed by atoms with Gasteiger partial charge in [0.2, 0.25) is 0 Å². The van der Waals surface area contributed by atoms with Crippen LogP contribution in [0.1, 0.15) is 44.6 Å². The van der Waals surface area contributed by atoms with Gasteiger partial charge in [-0.25, -0.2) is 0 Å². The van der Waals surface area contributed by atoms with Gasteiger partial charge in [-0.15, -0.1) is 0 Å². The lowest BCUT2D eigenvalue weighted by Crippen LogP contribution is -2.33. The van der Waals surface area contributed by atoms with E-state index in [1.807, 2.05) is 19.1 Å². The molecule has 1 N–H and O–H groups in total. The largest absolute Gasteiger partial charge is 0.362 e. The Morgan fingerprint density at radius 3 is 2.55 bits per heavy atom. The monoisotopic (exact) mass is 315 g/mol. The quantitative estimate of drug-likeness (QED) is 0.900. The molecule has 0 fully saturated rings. The molecular formula is C18H18ClNO2. The Morgan fingerprint density at radius 2 is 1.91 bits per heavy atom. The first-order valence-corrected chi connectivity index (χ1v) is 7.87. The maximum absolute atomic E-state index is 12.5. The molecule has 1 aliphatic carbocycles. The van der Waals surface area contributed by atoms with E-state index < -0.39 is 0 Å². The smallest absolute Gasteiger partial charge is 0.161 e. The molecule has 1 aliphatic heterocycles. The topological polar surface area (TPSA) is 46.2 Å². The molecule has 0 spiro atoms. The maximum atomic E-state index is 12.5. The molecule has 1 heterocycles. The molecule has 0 bridgehead atoms. The molecule has 0 saturated heterocycles. The molecule has 114 valence electrons. The minimum Gasteiger partial charge on any atom is -0.362 e. The van der Waals surface area contributed by atoms with E-state index in [1.165, 1.54) is 0 Å². The lowest BCUT2D eigenvalue weighted by Gasteiger charge is -2.34. The summed E-state index contributed by atoms with van der Waals surface area (Å²) >= 11 is 5.97. The van der Waals surface area contributed by atoms with E-state index in [2.05, 4.69) is 5.32 Å². The minimum atomic E-state index is -0.279. The van der Waals surface area contributed by atoms with Gasteiger partial charge in [0, 0.05) is 39.9 Å². The van der Waals surface area contributed by atoms with Crippen molar-refractivity contribution in [3.05, 3.63) is 57.4 Å². The summed E-state index contributed by atoms with van der Waals surface area (Å²) in [4.78, 5) is 24.7. The normalized spacial score (nSPS) is 21.6. The number of carbonyl (C=O) groups is 2. The molecule has 1 aromatic carbocycles. The molecule has 22 heavy (non-hydrogen) atoms. The number of Topliss-reactive ketones (excluding diaryl/α,β-unsaturated/α-hetero) is 2. The maximum Gasteiger partial charge on any atom is 0.161 e. The van der Waals surface area contributed by atoms with Crippen LogP contribution in [0, 0.1) is 0 Å². The van der Waals surface area contributed by atoms with Gasteiger partial charge < -0.3 is 5.32 Å². The van der Waals surface area contributed by atoms with Crippen LogP contribution < -0.4 is 5.32 Å². The highest BCUT2D eigenvalue weighted by molar-refractivity contribution is 6.30. The zero-order valence-electron chi connectivity index (χ0n) is 12.7. The third-order valence-corrected chi connectivity index (χ3v) is 4.61. The van der Waals surface area contributed by atoms with Crippen molar-refractivity contribution in [3.8, 4) is 0 Å². The number of rotatable bonds is 2. The van der Waals surface area contributed by atoms with Crippen molar-refractivity contribution < 1.29 is 9.59 Å². The number of hydrogen-bond acceptors (Lipinski definition) is 3. The van der Waals surface area contributed by atoms with Crippen LogP contribution >= 0.6 is 11.6 Å². The Balaban J connectivity index is 2.19. The van der Waals surface area contributed by atoms with Crippen molar-refractivity contribution in [2.75, 3.05) is 0 Å². The molecule has 3 nitrogen and oxygen atoms in total. The van der Waals surface area contributed by atoms with Gasteiger partial charge >= 0.3 is 0 Å². The summed E-state index contributed by atoms with van der Waals surface area (Å²) in [5.74, 6) is -0.145. The molecule has 0 aromatic heterocycles. The number of benzene rings is 1. The number of ketones is 2. The fraction of sp³-hybridized carbons (Fsp3) is 0.333. The van der Waals surface area contributed by atoms with Crippen LogP contribution in [0.15, 0.2) is 46.8 Å². The van der Waals surface area contributed by atoms with Crippen LogP contribution in [0.3, 0.4) is 0 Å². The highest BCUT2D eigenvalue weighted by Crippen LogP contribution is 2.42. The summed E-state index contributed by atoms with van der Waals surface area (Å²) in [6.45, 7) is 3.46. The second-order valence-electron chi connectivity index (χ2n) is 5.87. The zero-order chi connectivity index (χ0) is 15.9. The van der Waals surface area contributed by atoms with E-state index in [1.54, 1.807) is 19.1 Å². The van der Waals surface area contributed by atoms with Gasteiger partial charge in [-0.3, -0.25) is 9.59 Å². The number of allylic oxidation sites excluding steroid dienone is 4. The highest BCUT2D eigenvalue weighted by Gasteiger charge is 2.37. The van der Waals surface area contributed by atoms with E-state index in [0.29, 0.717) is 17.0 Å². The van der Waals surface area contributed by atoms with Gasteiger partial charge in [-0.2, -0.15) is 0 Å². The molecule has 0 saturated carbocycles. The fourth-order valence-corrected chi connectivity index (χ4v) is 3.56. The summed E-state index contributed by atoms with van der Waals surface area (Å²) < 4.78 is 0. The minimum absolute atomic E-state index is 0.00475. The first-order valence-electron chi connectivity index (χ1n) is 7.49. The average Bonchev–Trinajstić information content (AvgIpc) is 2.46. The molecule has 4 heteroatoms. The van der Waals surface area contributed by atoms with Gasteiger partial charge in [-0.1, -0.05) is 23.7 Å². The number of nitrogens with one attached hydrogen (secondary N) is 1. The van der Waals surface area contributed by atoms with Gasteiger partial charge in [0.05, 0.1) is 0 Å². The fourth-order valence-electron chi connectivity index (χ4n) is 3.44. The Hall–Kier alpha value is -1.87. The van der Waals surface area contributed by atoms with E-state index in [0.717, 1.165) is 35.4 Å². The van der Waals surface area contributed by atoms with Crippen LogP contribution in [0.4, 0.5) is 0 Å². The lowest BCUT2D eigenvalue weighted by molar-refractivity contribution is -0.116. The summed E-state index contributed by atoms with van der Waals surface area (Å²) in [5, 5.41) is 3.93. The SMILES string of the molecule is CC(=O)C1=C(C)NC2=C(C(=O)CCC2)C1c1ccc(Cl)cc1. The summed E-state index contributed by atoms with van der Waals surface area (Å²) in [7, 11) is 0. The van der Waals surface area contributed by atoms with Gasteiger partial charge in [-0.05, 0) is 44.4 Å². The molecule has 1 unspecified atom stereocenters. The molecule has 1 atom stereocenters. The van der Waals surface area contributed by atoms with Crippen LogP contribution in [-0.2, 0) is 9.59 Å². The summed E-state index contributed by atoms with van der Waals surface area (Å²) in [6, 6.07) is 7.42. The lowest BCUT2D eigenvalue weighted by atomic mass is 9.74. The second kappa shape index (κ2) is 5.73. The van der Waals surface area contributed by atoms with Crippen molar-refractivity contribution in [2.24, 2.45) is 0 Å². The second-order valence-corrected chi connectivity index (χ2v) is 6.31. The molecule has 0 amide bonds. The van der Waals surface area contributed by atoms with E-state index in [4.69, 9.17) is 11.6 Å².